The molecule has 4 heterocycles. The maximum atomic E-state index is 13.8. The zero-order chi connectivity index (χ0) is 28.8. The fraction of sp³-hybridized carbons (Fsp3) is 0.300. The summed E-state index contributed by atoms with van der Waals surface area (Å²) < 4.78 is 5.97. The average Bonchev–Trinajstić information content (AvgIpc) is 3.40. The fourth-order valence-electron chi connectivity index (χ4n) is 5.92. The molecular formula is C30H31N9O3. The molecule has 3 aliphatic rings. The van der Waals surface area contributed by atoms with Gasteiger partial charge in [-0.05, 0) is 48.7 Å². The van der Waals surface area contributed by atoms with Crippen molar-refractivity contribution in [2.45, 2.75) is 31.3 Å². The normalized spacial score (nSPS) is 18.6. The van der Waals surface area contributed by atoms with Crippen LogP contribution in [-0.4, -0.2) is 74.8 Å². The SMILES string of the molecule is CC(=O)Nc1ccc2oc(-c3ccnc(C(=O)N4CCN(C(C5=NN(C)NN5)c5ccccc5)C5(CC5)C4)c3)nc2c1. The number of carbonyl (C=O) groups excluding carboxylic acids is 2. The van der Waals surface area contributed by atoms with Crippen molar-refractivity contribution in [2.24, 2.45) is 5.10 Å². The largest absolute Gasteiger partial charge is 0.436 e. The van der Waals surface area contributed by atoms with Gasteiger partial charge in [-0.2, -0.15) is 0 Å². The molecule has 1 aliphatic carbocycles. The minimum Gasteiger partial charge on any atom is -0.436 e. The van der Waals surface area contributed by atoms with Gasteiger partial charge in [0.1, 0.15) is 11.2 Å². The smallest absolute Gasteiger partial charge is 0.272 e. The predicted molar refractivity (Wildman–Crippen MR) is 157 cm³/mol. The second kappa shape index (κ2) is 10.2. The van der Waals surface area contributed by atoms with Crippen LogP contribution in [0.2, 0.25) is 0 Å². The van der Waals surface area contributed by atoms with E-state index >= 15 is 0 Å². The Kier molecular flexibility index (Phi) is 6.36. The third kappa shape index (κ3) is 4.84. The van der Waals surface area contributed by atoms with E-state index in [-0.39, 0.29) is 23.4 Å². The Morgan fingerprint density at radius 2 is 1.90 bits per heavy atom. The van der Waals surface area contributed by atoms with Crippen LogP contribution in [0.4, 0.5) is 5.69 Å². The summed E-state index contributed by atoms with van der Waals surface area (Å²) in [6.07, 6.45) is 3.63. The average molecular weight is 566 g/mol. The first-order chi connectivity index (χ1) is 20.4. The minimum absolute atomic E-state index is 0.0600. The number of hydrazone groups is 1. The first-order valence-corrected chi connectivity index (χ1v) is 14.0. The first kappa shape index (κ1) is 26.1. The van der Waals surface area contributed by atoms with E-state index in [1.165, 1.54) is 6.92 Å². The van der Waals surface area contributed by atoms with Crippen LogP contribution < -0.4 is 16.3 Å². The molecule has 7 rings (SSSR count). The van der Waals surface area contributed by atoms with Crippen LogP contribution in [-0.2, 0) is 4.79 Å². The number of aromatic nitrogens is 2. The highest BCUT2D eigenvalue weighted by atomic mass is 16.3. The number of anilines is 1. The van der Waals surface area contributed by atoms with Crippen molar-refractivity contribution in [3.05, 3.63) is 78.1 Å². The van der Waals surface area contributed by atoms with Crippen molar-refractivity contribution in [3.8, 4) is 11.5 Å². The number of carbonyl (C=O) groups is 2. The van der Waals surface area contributed by atoms with Gasteiger partial charge in [0.25, 0.3) is 5.91 Å². The fourth-order valence-corrected chi connectivity index (χ4v) is 5.92. The highest BCUT2D eigenvalue weighted by molar-refractivity contribution is 5.94. The number of nitrogens with one attached hydrogen (secondary N) is 3. The Morgan fingerprint density at radius 1 is 1.07 bits per heavy atom. The molecule has 0 radical (unpaired) electrons. The number of hydrazine groups is 2. The maximum Gasteiger partial charge on any atom is 0.272 e. The Balaban J connectivity index is 1.12. The van der Waals surface area contributed by atoms with Gasteiger partial charge in [0, 0.05) is 56.6 Å². The summed E-state index contributed by atoms with van der Waals surface area (Å²) in [7, 11) is 1.86. The van der Waals surface area contributed by atoms with Crippen molar-refractivity contribution < 1.29 is 14.0 Å². The summed E-state index contributed by atoms with van der Waals surface area (Å²) in [6.45, 7) is 3.35. The molecule has 12 heteroatoms. The summed E-state index contributed by atoms with van der Waals surface area (Å²) in [6, 6.07) is 19.1. The van der Waals surface area contributed by atoms with Crippen molar-refractivity contribution in [1.29, 1.82) is 0 Å². The van der Waals surface area contributed by atoms with E-state index < -0.39 is 0 Å². The van der Waals surface area contributed by atoms with Gasteiger partial charge < -0.3 is 14.6 Å². The van der Waals surface area contributed by atoms with E-state index in [2.05, 4.69) is 48.4 Å². The molecule has 0 bridgehead atoms. The molecule has 1 saturated heterocycles. The highest BCUT2D eigenvalue weighted by Gasteiger charge is 2.55. The third-order valence-corrected chi connectivity index (χ3v) is 8.04. The number of hydrogen-bond donors (Lipinski definition) is 3. The van der Waals surface area contributed by atoms with Crippen molar-refractivity contribution in [3.63, 3.8) is 0 Å². The van der Waals surface area contributed by atoms with Crippen LogP contribution in [0.15, 0.2) is 76.4 Å². The lowest BCUT2D eigenvalue weighted by Gasteiger charge is -2.45. The maximum absolute atomic E-state index is 13.8. The van der Waals surface area contributed by atoms with Gasteiger partial charge in [0.05, 0.1) is 6.04 Å². The standard InChI is InChI=1S/C30H31N9O3/c1-19(40)32-22-8-9-25-23(17-22)33-28(42-25)21-10-13-31-24(16-21)29(41)38-14-15-39(30(18-38)11-12-30)26(20-6-4-3-5-7-20)27-34-36-37(2)35-27/h3-10,13,16-17,26,36H,11-12,14-15,18H2,1-2H3,(H,32,40)(H,34,35). The molecular weight excluding hydrogens is 534 g/mol. The zero-order valence-corrected chi connectivity index (χ0v) is 23.4. The van der Waals surface area contributed by atoms with Gasteiger partial charge in [-0.15, -0.1) is 10.6 Å². The Bertz CT molecular complexity index is 1700. The van der Waals surface area contributed by atoms with E-state index in [0.29, 0.717) is 53.6 Å². The van der Waals surface area contributed by atoms with Gasteiger partial charge >= 0.3 is 0 Å². The molecule has 12 nitrogen and oxygen atoms in total. The third-order valence-electron chi connectivity index (χ3n) is 8.04. The lowest BCUT2D eigenvalue weighted by atomic mass is 9.98. The number of hydrogen-bond acceptors (Lipinski definition) is 10. The molecule has 2 aliphatic heterocycles. The number of amides is 2. The van der Waals surface area contributed by atoms with Crippen LogP contribution >= 0.6 is 0 Å². The number of nitrogens with zero attached hydrogens (tertiary/aromatic N) is 6. The summed E-state index contributed by atoms with van der Waals surface area (Å²) >= 11 is 0. The van der Waals surface area contributed by atoms with Crippen molar-refractivity contribution in [2.75, 3.05) is 32.0 Å². The number of rotatable bonds is 6. The summed E-state index contributed by atoms with van der Waals surface area (Å²) in [5.41, 5.74) is 10.2. The van der Waals surface area contributed by atoms with E-state index in [1.54, 1.807) is 41.6 Å². The molecule has 1 atom stereocenters. The van der Waals surface area contributed by atoms with E-state index in [9.17, 15) is 9.59 Å². The quantitative estimate of drug-likeness (QED) is 0.323. The molecule has 1 saturated carbocycles. The van der Waals surface area contributed by atoms with Gasteiger partial charge in [0.2, 0.25) is 11.8 Å². The van der Waals surface area contributed by atoms with Crippen LogP contribution in [0.25, 0.3) is 22.6 Å². The lowest BCUT2D eigenvalue weighted by molar-refractivity contribution is -0.114. The number of benzene rings is 2. The molecule has 1 spiro atoms. The van der Waals surface area contributed by atoms with Gasteiger partial charge in [-0.25, -0.2) is 10.1 Å². The monoisotopic (exact) mass is 565 g/mol. The molecule has 2 fully saturated rings. The Labute approximate surface area is 242 Å². The Hall–Kier alpha value is -4.81. The molecule has 2 amide bonds. The summed E-state index contributed by atoms with van der Waals surface area (Å²) in [5.74, 6) is 0.958. The second-order valence-corrected chi connectivity index (χ2v) is 11.0. The number of oxazole rings is 1. The minimum atomic E-state index is -0.159. The summed E-state index contributed by atoms with van der Waals surface area (Å²) in [4.78, 5) is 38.6. The lowest BCUT2D eigenvalue weighted by Crippen LogP contribution is -2.59. The molecule has 2 aromatic carbocycles. The highest BCUT2D eigenvalue weighted by Crippen LogP contribution is 2.48. The van der Waals surface area contributed by atoms with Crippen molar-refractivity contribution >= 4 is 34.4 Å². The molecule has 1 unspecified atom stereocenters. The van der Waals surface area contributed by atoms with Gasteiger partial charge in [-0.1, -0.05) is 30.3 Å². The van der Waals surface area contributed by atoms with Crippen molar-refractivity contribution in [1.82, 2.24) is 35.8 Å². The van der Waals surface area contributed by atoms with E-state index in [4.69, 9.17) is 4.42 Å². The van der Waals surface area contributed by atoms with Gasteiger partial charge in [0.15, 0.2) is 11.4 Å². The van der Waals surface area contributed by atoms with Crippen LogP contribution in [0.5, 0.6) is 0 Å². The van der Waals surface area contributed by atoms with E-state index in [0.717, 1.165) is 24.2 Å². The summed E-state index contributed by atoms with van der Waals surface area (Å²) in [5, 5.41) is 9.09. The number of amidine groups is 1. The van der Waals surface area contributed by atoms with Crippen LogP contribution in [0.1, 0.15) is 41.9 Å². The van der Waals surface area contributed by atoms with Crippen LogP contribution in [0.3, 0.4) is 0 Å². The van der Waals surface area contributed by atoms with Gasteiger partial charge in [-0.3, -0.25) is 24.9 Å². The zero-order valence-electron chi connectivity index (χ0n) is 23.4. The molecule has 4 aromatic rings. The molecule has 214 valence electrons. The topological polar surface area (TPSA) is 131 Å². The number of pyridine rings is 1. The van der Waals surface area contributed by atoms with Crippen LogP contribution in [0, 0.1) is 0 Å². The second-order valence-electron chi connectivity index (χ2n) is 11.0. The predicted octanol–water partition coefficient (Wildman–Crippen LogP) is 3.15. The Morgan fingerprint density at radius 3 is 2.64 bits per heavy atom. The molecule has 2 aromatic heterocycles. The van der Waals surface area contributed by atoms with E-state index in [1.807, 2.05) is 30.1 Å². The molecule has 3 N–H and O–H groups in total. The molecule has 42 heavy (non-hydrogen) atoms. The number of fused-ring (bicyclic) bond motifs is 1. The first-order valence-electron chi connectivity index (χ1n) is 14.0. The number of piperazine rings is 1.